The molecule has 0 aliphatic carbocycles. The minimum absolute atomic E-state index is 0.144. The summed E-state index contributed by atoms with van der Waals surface area (Å²) in [5.74, 6) is 0.144. The Hall–Kier alpha value is -0.690. The van der Waals surface area contributed by atoms with E-state index in [4.69, 9.17) is 0 Å². The van der Waals surface area contributed by atoms with Gasteiger partial charge in [0, 0.05) is 13.1 Å². The number of nitrogens with zero attached hydrogens (tertiary/aromatic N) is 3. The summed E-state index contributed by atoms with van der Waals surface area (Å²) in [4.78, 5) is 13.7. The smallest absolute Gasteiger partial charge is 0.241 e. The summed E-state index contributed by atoms with van der Waals surface area (Å²) in [6.45, 7) is 2.09. The van der Waals surface area contributed by atoms with Crippen molar-refractivity contribution in [2.24, 2.45) is 0 Å². The van der Waals surface area contributed by atoms with E-state index >= 15 is 0 Å². The number of carbonyl (C=O) groups excluding carboxylic acids is 1. The molecule has 1 fully saturated rings. The number of anilines is 1. The van der Waals surface area contributed by atoms with Crippen LogP contribution in [0, 0.1) is 0 Å². The molecular formula is C9H13BrN4OS. The third kappa shape index (κ3) is 3.15. The van der Waals surface area contributed by atoms with E-state index in [0.29, 0.717) is 11.7 Å². The highest BCUT2D eigenvalue weighted by molar-refractivity contribution is 9.11. The van der Waals surface area contributed by atoms with Crippen LogP contribution in [0.5, 0.6) is 0 Å². The Labute approximate surface area is 106 Å². The molecule has 0 aromatic carbocycles. The van der Waals surface area contributed by atoms with E-state index in [1.165, 1.54) is 17.8 Å². The zero-order valence-corrected chi connectivity index (χ0v) is 11.2. The fraction of sp³-hybridized carbons (Fsp3) is 0.667. The highest BCUT2D eigenvalue weighted by atomic mass is 79.9. The van der Waals surface area contributed by atoms with E-state index in [2.05, 4.69) is 31.4 Å². The van der Waals surface area contributed by atoms with E-state index in [1.54, 1.807) is 0 Å². The summed E-state index contributed by atoms with van der Waals surface area (Å²) in [5, 5.41) is 11.3. The van der Waals surface area contributed by atoms with Gasteiger partial charge in [0.05, 0.1) is 6.54 Å². The molecule has 0 bridgehead atoms. The maximum absolute atomic E-state index is 11.8. The van der Waals surface area contributed by atoms with Crippen LogP contribution in [0.15, 0.2) is 3.92 Å². The number of piperidine rings is 1. The van der Waals surface area contributed by atoms with Crippen LogP contribution in [-0.2, 0) is 4.79 Å². The molecule has 1 N–H and O–H groups in total. The Kier molecular flexibility index (Phi) is 4.11. The highest BCUT2D eigenvalue weighted by Gasteiger charge is 2.16. The number of amides is 1. The Balaban J connectivity index is 1.78. The molecule has 7 heteroatoms. The molecule has 1 aromatic rings. The molecule has 88 valence electrons. The van der Waals surface area contributed by atoms with Crippen LogP contribution in [-0.4, -0.2) is 40.6 Å². The average Bonchev–Trinajstić information content (AvgIpc) is 2.73. The fourth-order valence-corrected chi connectivity index (χ4v) is 2.69. The number of rotatable bonds is 3. The molecular weight excluding hydrogens is 292 g/mol. The van der Waals surface area contributed by atoms with Crippen LogP contribution in [0.3, 0.4) is 0 Å². The average molecular weight is 305 g/mol. The van der Waals surface area contributed by atoms with Gasteiger partial charge in [-0.2, -0.15) is 0 Å². The number of carbonyl (C=O) groups is 1. The first-order valence-corrected chi connectivity index (χ1v) is 6.87. The van der Waals surface area contributed by atoms with Crippen LogP contribution < -0.4 is 5.32 Å². The SMILES string of the molecule is O=C(CNc1nnc(Br)s1)N1CCCCC1. The summed E-state index contributed by atoms with van der Waals surface area (Å²) in [6, 6.07) is 0. The molecule has 1 amide bonds. The molecule has 5 nitrogen and oxygen atoms in total. The Morgan fingerprint density at radius 3 is 2.75 bits per heavy atom. The summed E-state index contributed by atoms with van der Waals surface area (Å²) in [6.07, 6.45) is 3.48. The van der Waals surface area contributed by atoms with Crippen molar-refractivity contribution in [1.29, 1.82) is 0 Å². The first kappa shape index (κ1) is 11.8. The van der Waals surface area contributed by atoms with Crippen LogP contribution >= 0.6 is 27.3 Å². The number of likely N-dealkylation sites (tertiary alicyclic amines) is 1. The number of hydrogen-bond acceptors (Lipinski definition) is 5. The first-order chi connectivity index (χ1) is 7.75. The molecule has 1 aliphatic rings. The third-order valence-electron chi connectivity index (χ3n) is 2.50. The lowest BCUT2D eigenvalue weighted by Gasteiger charge is -2.26. The van der Waals surface area contributed by atoms with E-state index in [-0.39, 0.29) is 5.91 Å². The molecule has 0 spiro atoms. The Bertz CT molecular complexity index is 364. The van der Waals surface area contributed by atoms with Gasteiger partial charge in [0.1, 0.15) is 0 Å². The lowest BCUT2D eigenvalue weighted by molar-refractivity contribution is -0.130. The lowest BCUT2D eigenvalue weighted by atomic mass is 10.1. The zero-order chi connectivity index (χ0) is 11.4. The van der Waals surface area contributed by atoms with Gasteiger partial charge in [-0.1, -0.05) is 11.3 Å². The normalized spacial score (nSPS) is 16.2. The molecule has 0 atom stereocenters. The maximum Gasteiger partial charge on any atom is 0.241 e. The molecule has 0 radical (unpaired) electrons. The largest absolute Gasteiger partial charge is 0.351 e. The molecule has 1 aromatic heterocycles. The van der Waals surface area contributed by atoms with Gasteiger partial charge in [0.15, 0.2) is 3.92 Å². The van der Waals surface area contributed by atoms with Crippen LogP contribution in [0.4, 0.5) is 5.13 Å². The molecule has 1 saturated heterocycles. The van der Waals surface area contributed by atoms with Gasteiger partial charge in [-0.3, -0.25) is 4.79 Å². The van der Waals surface area contributed by atoms with Gasteiger partial charge >= 0.3 is 0 Å². The van der Waals surface area contributed by atoms with Gasteiger partial charge in [-0.25, -0.2) is 0 Å². The van der Waals surface area contributed by atoms with Crippen molar-refractivity contribution in [3.8, 4) is 0 Å². The van der Waals surface area contributed by atoms with Crippen molar-refractivity contribution in [1.82, 2.24) is 15.1 Å². The third-order valence-corrected chi connectivity index (χ3v) is 3.81. The van der Waals surface area contributed by atoms with Gasteiger partial charge in [-0.05, 0) is 35.2 Å². The van der Waals surface area contributed by atoms with Crippen molar-refractivity contribution in [2.75, 3.05) is 25.0 Å². The van der Waals surface area contributed by atoms with Crippen molar-refractivity contribution < 1.29 is 4.79 Å². The van der Waals surface area contributed by atoms with E-state index in [1.807, 2.05) is 4.90 Å². The second-order valence-corrected chi connectivity index (χ2v) is 5.91. The van der Waals surface area contributed by atoms with Crippen molar-refractivity contribution >= 4 is 38.3 Å². The summed E-state index contributed by atoms with van der Waals surface area (Å²) in [7, 11) is 0. The second kappa shape index (κ2) is 5.58. The lowest BCUT2D eigenvalue weighted by Crippen LogP contribution is -2.39. The number of hydrogen-bond donors (Lipinski definition) is 1. The minimum Gasteiger partial charge on any atom is -0.351 e. The topological polar surface area (TPSA) is 58.1 Å². The molecule has 16 heavy (non-hydrogen) atoms. The molecule has 0 saturated carbocycles. The standard InChI is InChI=1S/C9H13BrN4OS/c10-8-12-13-9(16-8)11-6-7(15)14-4-2-1-3-5-14/h1-6H2,(H,11,13). The van der Waals surface area contributed by atoms with Crippen molar-refractivity contribution in [3.63, 3.8) is 0 Å². The molecule has 0 unspecified atom stereocenters. The quantitative estimate of drug-likeness (QED) is 0.924. The molecule has 2 rings (SSSR count). The Morgan fingerprint density at radius 2 is 2.12 bits per heavy atom. The fourth-order valence-electron chi connectivity index (χ4n) is 1.68. The summed E-state index contributed by atoms with van der Waals surface area (Å²) < 4.78 is 0.723. The van der Waals surface area contributed by atoms with Crippen molar-refractivity contribution in [2.45, 2.75) is 19.3 Å². The van der Waals surface area contributed by atoms with Gasteiger partial charge in [0.25, 0.3) is 0 Å². The van der Waals surface area contributed by atoms with Gasteiger partial charge in [-0.15, -0.1) is 10.2 Å². The monoisotopic (exact) mass is 304 g/mol. The summed E-state index contributed by atoms with van der Waals surface area (Å²) >= 11 is 4.61. The van der Waals surface area contributed by atoms with E-state index in [0.717, 1.165) is 29.8 Å². The molecule has 2 heterocycles. The number of nitrogens with one attached hydrogen (secondary N) is 1. The van der Waals surface area contributed by atoms with Crippen LogP contribution in [0.25, 0.3) is 0 Å². The molecule has 1 aliphatic heterocycles. The predicted molar refractivity (Wildman–Crippen MR) is 66.5 cm³/mol. The minimum atomic E-state index is 0.144. The Morgan fingerprint density at radius 1 is 1.38 bits per heavy atom. The summed E-state index contributed by atoms with van der Waals surface area (Å²) in [5.41, 5.74) is 0. The van der Waals surface area contributed by atoms with E-state index in [9.17, 15) is 4.79 Å². The second-order valence-electron chi connectivity index (χ2n) is 3.66. The number of aromatic nitrogens is 2. The zero-order valence-electron chi connectivity index (χ0n) is 8.78. The highest BCUT2D eigenvalue weighted by Crippen LogP contribution is 2.19. The van der Waals surface area contributed by atoms with Crippen LogP contribution in [0.2, 0.25) is 0 Å². The van der Waals surface area contributed by atoms with Crippen LogP contribution in [0.1, 0.15) is 19.3 Å². The van der Waals surface area contributed by atoms with E-state index < -0.39 is 0 Å². The van der Waals surface area contributed by atoms with Crippen molar-refractivity contribution in [3.05, 3.63) is 3.92 Å². The predicted octanol–water partition coefficient (Wildman–Crippen LogP) is 1.72. The van der Waals surface area contributed by atoms with Gasteiger partial charge in [0.2, 0.25) is 11.0 Å². The maximum atomic E-state index is 11.8. The number of halogens is 1. The first-order valence-electron chi connectivity index (χ1n) is 5.26. The van der Waals surface area contributed by atoms with Gasteiger partial charge < -0.3 is 10.2 Å².